The van der Waals surface area contributed by atoms with E-state index in [1.165, 1.54) is 0 Å². The van der Waals surface area contributed by atoms with Gasteiger partial charge in [0.15, 0.2) is 6.61 Å². The number of rotatable bonds is 7. The Morgan fingerprint density at radius 2 is 2.16 bits per heavy atom. The zero-order chi connectivity index (χ0) is 14.3. The Labute approximate surface area is 119 Å². The van der Waals surface area contributed by atoms with Gasteiger partial charge in [-0.15, -0.1) is 0 Å². The van der Waals surface area contributed by atoms with Crippen molar-refractivity contribution in [3.63, 3.8) is 0 Å². The molecule has 0 atom stereocenters. The second-order valence-corrected chi connectivity index (χ2v) is 4.61. The number of para-hydroxylation sites is 1. The maximum Gasteiger partial charge on any atom is 0.260 e. The number of hydrogen-bond donors (Lipinski definition) is 1. The molecule has 0 unspecified atom stereocenters. The molecular formula is C14H21ClN2O2. The molecule has 0 saturated carbocycles. The van der Waals surface area contributed by atoms with Gasteiger partial charge in [-0.1, -0.05) is 30.7 Å². The molecule has 1 aromatic rings. The fourth-order valence-corrected chi connectivity index (χ4v) is 1.78. The molecule has 1 amide bonds. The van der Waals surface area contributed by atoms with Crippen LogP contribution in [0.1, 0.15) is 19.4 Å². The monoisotopic (exact) mass is 284 g/mol. The van der Waals surface area contributed by atoms with Crippen LogP contribution in [0, 0.1) is 0 Å². The number of hydrogen-bond acceptors (Lipinski definition) is 3. The van der Waals surface area contributed by atoms with Gasteiger partial charge in [-0.2, -0.15) is 0 Å². The van der Waals surface area contributed by atoms with Crippen molar-refractivity contribution >= 4 is 17.5 Å². The summed E-state index contributed by atoms with van der Waals surface area (Å²) >= 11 is 6.13. The predicted octanol–water partition coefficient (Wildman–Crippen LogP) is 2.31. The minimum absolute atomic E-state index is 0.00714. The van der Waals surface area contributed by atoms with Crippen molar-refractivity contribution in [1.82, 2.24) is 10.2 Å². The van der Waals surface area contributed by atoms with E-state index >= 15 is 0 Å². The van der Waals surface area contributed by atoms with Gasteiger partial charge < -0.3 is 15.0 Å². The molecule has 19 heavy (non-hydrogen) atoms. The van der Waals surface area contributed by atoms with Crippen LogP contribution in [0.15, 0.2) is 18.2 Å². The lowest BCUT2D eigenvalue weighted by molar-refractivity contribution is -0.131. The summed E-state index contributed by atoms with van der Waals surface area (Å²) in [5, 5.41) is 3.75. The average molecular weight is 285 g/mol. The van der Waals surface area contributed by atoms with E-state index in [1.54, 1.807) is 18.0 Å². The highest BCUT2D eigenvalue weighted by Crippen LogP contribution is 2.28. The maximum atomic E-state index is 11.7. The SMILES string of the molecule is CCNCc1cccc(Cl)c1OCC(=O)N(C)CC. The number of nitrogens with zero attached hydrogens (tertiary/aromatic N) is 1. The molecule has 0 spiro atoms. The van der Waals surface area contributed by atoms with Crippen LogP contribution in [0.3, 0.4) is 0 Å². The minimum Gasteiger partial charge on any atom is -0.482 e. The number of ether oxygens (including phenoxy) is 1. The number of nitrogens with one attached hydrogen (secondary N) is 1. The zero-order valence-electron chi connectivity index (χ0n) is 11.7. The van der Waals surface area contributed by atoms with E-state index in [9.17, 15) is 4.79 Å². The van der Waals surface area contributed by atoms with Crippen LogP contribution in [0.5, 0.6) is 5.75 Å². The molecule has 0 aromatic heterocycles. The standard InChI is InChI=1S/C14H21ClN2O2/c1-4-16-9-11-7-6-8-12(15)14(11)19-10-13(18)17(3)5-2/h6-8,16H,4-5,9-10H2,1-3H3. The van der Waals surface area contributed by atoms with E-state index in [2.05, 4.69) is 5.32 Å². The number of carbonyl (C=O) groups is 1. The highest BCUT2D eigenvalue weighted by Gasteiger charge is 2.12. The van der Waals surface area contributed by atoms with Crippen LogP contribution in [0.4, 0.5) is 0 Å². The highest BCUT2D eigenvalue weighted by molar-refractivity contribution is 6.32. The molecule has 1 aromatic carbocycles. The van der Waals surface area contributed by atoms with Crippen molar-refractivity contribution in [3.8, 4) is 5.75 Å². The van der Waals surface area contributed by atoms with Crippen molar-refractivity contribution in [2.24, 2.45) is 0 Å². The Kier molecular flexibility index (Phi) is 6.67. The van der Waals surface area contributed by atoms with Crippen molar-refractivity contribution in [2.75, 3.05) is 26.7 Å². The Morgan fingerprint density at radius 1 is 1.42 bits per heavy atom. The Bertz CT molecular complexity index is 424. The Balaban J connectivity index is 2.73. The summed E-state index contributed by atoms with van der Waals surface area (Å²) in [7, 11) is 1.75. The first-order valence-corrected chi connectivity index (χ1v) is 6.82. The molecule has 0 aliphatic rings. The molecule has 0 radical (unpaired) electrons. The summed E-state index contributed by atoms with van der Waals surface area (Å²) in [6.45, 7) is 6.16. The van der Waals surface area contributed by atoms with Gasteiger partial charge in [0, 0.05) is 25.7 Å². The Hall–Kier alpha value is -1.26. The van der Waals surface area contributed by atoms with Crippen LogP contribution in [-0.2, 0) is 11.3 Å². The molecule has 0 fully saturated rings. The van der Waals surface area contributed by atoms with E-state index in [0.717, 1.165) is 12.1 Å². The van der Waals surface area contributed by atoms with Gasteiger partial charge in [0.05, 0.1) is 5.02 Å². The number of benzene rings is 1. The quantitative estimate of drug-likeness (QED) is 0.835. The van der Waals surface area contributed by atoms with Gasteiger partial charge in [-0.05, 0) is 19.5 Å². The summed E-state index contributed by atoms with van der Waals surface area (Å²) in [6, 6.07) is 5.58. The van der Waals surface area contributed by atoms with E-state index in [0.29, 0.717) is 23.9 Å². The third-order valence-electron chi connectivity index (χ3n) is 2.85. The van der Waals surface area contributed by atoms with E-state index in [4.69, 9.17) is 16.3 Å². The van der Waals surface area contributed by atoms with Gasteiger partial charge in [0.1, 0.15) is 5.75 Å². The first-order valence-electron chi connectivity index (χ1n) is 6.45. The fraction of sp³-hybridized carbons (Fsp3) is 0.500. The summed E-state index contributed by atoms with van der Waals surface area (Å²) < 4.78 is 5.59. The summed E-state index contributed by atoms with van der Waals surface area (Å²) in [6.07, 6.45) is 0. The van der Waals surface area contributed by atoms with Crippen molar-refractivity contribution in [3.05, 3.63) is 28.8 Å². The largest absolute Gasteiger partial charge is 0.482 e. The lowest BCUT2D eigenvalue weighted by atomic mass is 10.2. The van der Waals surface area contributed by atoms with Crippen molar-refractivity contribution in [1.29, 1.82) is 0 Å². The van der Waals surface area contributed by atoms with Gasteiger partial charge >= 0.3 is 0 Å². The highest BCUT2D eigenvalue weighted by atomic mass is 35.5. The second kappa shape index (κ2) is 8.02. The van der Waals surface area contributed by atoms with E-state index < -0.39 is 0 Å². The lowest BCUT2D eigenvalue weighted by Crippen LogP contribution is -2.31. The molecular weight excluding hydrogens is 264 g/mol. The minimum atomic E-state index is -0.0585. The maximum absolute atomic E-state index is 11.7. The van der Waals surface area contributed by atoms with E-state index in [-0.39, 0.29) is 12.5 Å². The molecule has 0 aliphatic carbocycles. The van der Waals surface area contributed by atoms with Crippen LogP contribution >= 0.6 is 11.6 Å². The van der Waals surface area contributed by atoms with Crippen molar-refractivity contribution < 1.29 is 9.53 Å². The summed E-state index contributed by atoms with van der Waals surface area (Å²) in [5.41, 5.74) is 0.960. The van der Waals surface area contributed by atoms with Gasteiger partial charge in [-0.3, -0.25) is 4.79 Å². The van der Waals surface area contributed by atoms with Crippen LogP contribution in [0.2, 0.25) is 5.02 Å². The summed E-state index contributed by atoms with van der Waals surface area (Å²) in [5.74, 6) is 0.528. The van der Waals surface area contributed by atoms with Crippen LogP contribution < -0.4 is 10.1 Å². The third-order valence-corrected chi connectivity index (χ3v) is 3.15. The molecule has 0 saturated heterocycles. The number of likely N-dealkylation sites (N-methyl/N-ethyl adjacent to an activating group) is 1. The first-order chi connectivity index (χ1) is 9.10. The van der Waals surface area contributed by atoms with Crippen LogP contribution in [0.25, 0.3) is 0 Å². The van der Waals surface area contributed by atoms with Crippen molar-refractivity contribution in [2.45, 2.75) is 20.4 Å². The zero-order valence-corrected chi connectivity index (χ0v) is 12.5. The molecule has 4 nitrogen and oxygen atoms in total. The summed E-state index contributed by atoms with van der Waals surface area (Å²) in [4.78, 5) is 13.3. The molecule has 5 heteroatoms. The molecule has 0 heterocycles. The first kappa shape index (κ1) is 15.8. The molecule has 0 aliphatic heterocycles. The molecule has 1 rings (SSSR count). The van der Waals surface area contributed by atoms with E-state index in [1.807, 2.05) is 26.0 Å². The van der Waals surface area contributed by atoms with Gasteiger partial charge in [0.25, 0.3) is 5.91 Å². The molecule has 1 N–H and O–H groups in total. The third kappa shape index (κ3) is 4.73. The predicted molar refractivity (Wildman–Crippen MR) is 77.6 cm³/mol. The lowest BCUT2D eigenvalue weighted by Gasteiger charge is -2.17. The normalized spacial score (nSPS) is 10.3. The van der Waals surface area contributed by atoms with Crippen LogP contribution in [-0.4, -0.2) is 37.6 Å². The average Bonchev–Trinajstić information content (AvgIpc) is 2.42. The smallest absolute Gasteiger partial charge is 0.260 e. The second-order valence-electron chi connectivity index (χ2n) is 4.21. The van der Waals surface area contributed by atoms with Gasteiger partial charge in [0.2, 0.25) is 0 Å². The number of halogens is 1. The molecule has 106 valence electrons. The topological polar surface area (TPSA) is 41.6 Å². The number of carbonyl (C=O) groups excluding carboxylic acids is 1. The number of amides is 1. The molecule has 0 bridgehead atoms. The Morgan fingerprint density at radius 3 is 2.79 bits per heavy atom. The van der Waals surface area contributed by atoms with Gasteiger partial charge in [-0.25, -0.2) is 0 Å². The fourth-order valence-electron chi connectivity index (χ4n) is 1.53.